The fraction of sp³-hybridized carbons (Fsp3) is 0.143. The van der Waals surface area contributed by atoms with Gasteiger partial charge in [0.25, 0.3) is 0 Å². The van der Waals surface area contributed by atoms with E-state index in [2.05, 4.69) is 79.8 Å². The first-order valence-electron chi connectivity index (χ1n) is 8.30. The standard InChI is InChI=1S/C21H18N2O.HI/c1-14-18(23-12-11-22(2)13-23)9-8-17-20-16-6-4-3-5-15(16)7-10-19(20)24-21(14)17;/h3-12H,13H2,1-2H3;1H. The SMILES string of the molecule is Cc1c([NH+]2C=CN(C)C2)ccc2c1oc1ccc3ccccc3c12.[I-]. The van der Waals surface area contributed by atoms with Crippen molar-refractivity contribution < 1.29 is 33.3 Å². The van der Waals surface area contributed by atoms with Crippen molar-refractivity contribution in [3.05, 3.63) is 66.5 Å². The highest BCUT2D eigenvalue weighted by atomic mass is 127. The van der Waals surface area contributed by atoms with Crippen molar-refractivity contribution in [2.75, 3.05) is 13.7 Å². The van der Waals surface area contributed by atoms with E-state index in [1.165, 1.54) is 37.7 Å². The number of furan rings is 1. The molecule has 1 aliphatic heterocycles. The number of aryl methyl sites for hydroxylation is 1. The van der Waals surface area contributed by atoms with E-state index in [0.29, 0.717) is 0 Å². The highest BCUT2D eigenvalue weighted by Crippen LogP contribution is 2.37. The molecule has 1 atom stereocenters. The van der Waals surface area contributed by atoms with E-state index in [-0.39, 0.29) is 24.0 Å². The van der Waals surface area contributed by atoms with Gasteiger partial charge >= 0.3 is 0 Å². The second kappa shape index (κ2) is 6.04. The predicted octanol–water partition coefficient (Wildman–Crippen LogP) is 0.942. The average molecular weight is 442 g/mol. The van der Waals surface area contributed by atoms with Gasteiger partial charge in [0.1, 0.15) is 23.1 Å². The summed E-state index contributed by atoms with van der Waals surface area (Å²) in [6.45, 7) is 3.12. The zero-order valence-electron chi connectivity index (χ0n) is 14.2. The minimum Gasteiger partial charge on any atom is -1.00 e. The Labute approximate surface area is 163 Å². The van der Waals surface area contributed by atoms with Gasteiger partial charge in [0.2, 0.25) is 0 Å². The van der Waals surface area contributed by atoms with Crippen molar-refractivity contribution in [3.8, 4) is 0 Å². The molecular weight excluding hydrogens is 423 g/mol. The fourth-order valence-electron chi connectivity index (χ4n) is 3.86. The quantitative estimate of drug-likeness (QED) is 0.444. The number of hydrogen-bond acceptors (Lipinski definition) is 2. The van der Waals surface area contributed by atoms with Crippen molar-refractivity contribution in [2.45, 2.75) is 6.92 Å². The largest absolute Gasteiger partial charge is 1.00 e. The van der Waals surface area contributed by atoms with Gasteiger partial charge < -0.3 is 33.3 Å². The lowest BCUT2D eigenvalue weighted by molar-refractivity contribution is -0.777. The highest BCUT2D eigenvalue weighted by molar-refractivity contribution is 6.19. The first-order chi connectivity index (χ1) is 11.7. The molecule has 0 fully saturated rings. The molecule has 0 radical (unpaired) electrons. The van der Waals surface area contributed by atoms with Crippen LogP contribution in [-0.2, 0) is 0 Å². The van der Waals surface area contributed by atoms with E-state index < -0.39 is 0 Å². The van der Waals surface area contributed by atoms with Gasteiger partial charge in [-0.1, -0.05) is 30.3 Å². The molecule has 1 aromatic heterocycles. The lowest BCUT2D eigenvalue weighted by Gasteiger charge is -2.14. The average Bonchev–Trinajstić information content (AvgIpc) is 3.19. The van der Waals surface area contributed by atoms with Crippen LogP contribution in [0.1, 0.15) is 5.56 Å². The molecule has 25 heavy (non-hydrogen) atoms. The van der Waals surface area contributed by atoms with Gasteiger partial charge in [-0.2, -0.15) is 0 Å². The van der Waals surface area contributed by atoms with Crippen LogP contribution in [-0.4, -0.2) is 18.6 Å². The number of halogens is 1. The van der Waals surface area contributed by atoms with Crippen LogP contribution in [0, 0.1) is 6.92 Å². The molecule has 1 aliphatic rings. The van der Waals surface area contributed by atoms with E-state index in [1.54, 1.807) is 0 Å². The number of hydrogen-bond donors (Lipinski definition) is 1. The first kappa shape index (κ1) is 16.4. The van der Waals surface area contributed by atoms with Crippen LogP contribution >= 0.6 is 0 Å². The summed E-state index contributed by atoms with van der Waals surface area (Å²) in [5.74, 6) is 0. The van der Waals surface area contributed by atoms with E-state index in [0.717, 1.165) is 17.8 Å². The molecule has 2 heterocycles. The Morgan fingerprint density at radius 3 is 2.64 bits per heavy atom. The summed E-state index contributed by atoms with van der Waals surface area (Å²) in [6, 6.07) is 17.2. The third-order valence-corrected chi connectivity index (χ3v) is 5.07. The second-order valence-corrected chi connectivity index (χ2v) is 6.63. The molecule has 1 N–H and O–H groups in total. The van der Waals surface area contributed by atoms with E-state index >= 15 is 0 Å². The molecular formula is C21H19IN2O. The Kier molecular flexibility index (Phi) is 3.96. The monoisotopic (exact) mass is 442 g/mol. The Morgan fingerprint density at radius 2 is 1.84 bits per heavy atom. The highest BCUT2D eigenvalue weighted by Gasteiger charge is 2.22. The third kappa shape index (κ3) is 2.43. The maximum atomic E-state index is 6.27. The van der Waals surface area contributed by atoms with E-state index in [1.807, 2.05) is 0 Å². The number of quaternary nitrogens is 1. The summed E-state index contributed by atoms with van der Waals surface area (Å²) < 4.78 is 6.27. The number of nitrogens with zero attached hydrogens (tertiary/aromatic N) is 1. The Hall–Kier alpha value is -2.05. The van der Waals surface area contributed by atoms with E-state index in [9.17, 15) is 0 Å². The summed E-state index contributed by atoms with van der Waals surface area (Å²) >= 11 is 0. The normalized spacial score (nSPS) is 16.9. The number of fused-ring (bicyclic) bond motifs is 5. The lowest BCUT2D eigenvalue weighted by atomic mass is 10.0. The van der Waals surface area contributed by atoms with Crippen LogP contribution < -0.4 is 28.9 Å². The van der Waals surface area contributed by atoms with Crippen LogP contribution in [0.15, 0.2) is 65.3 Å². The van der Waals surface area contributed by atoms with Crippen molar-refractivity contribution in [2.24, 2.45) is 0 Å². The van der Waals surface area contributed by atoms with Crippen molar-refractivity contribution in [3.63, 3.8) is 0 Å². The number of rotatable bonds is 1. The number of benzene rings is 3. The summed E-state index contributed by atoms with van der Waals surface area (Å²) in [4.78, 5) is 3.55. The maximum Gasteiger partial charge on any atom is 0.161 e. The minimum absolute atomic E-state index is 0. The molecule has 0 aliphatic carbocycles. The molecule has 0 spiro atoms. The van der Waals surface area contributed by atoms with Gasteiger partial charge in [-0.15, -0.1) is 0 Å². The third-order valence-electron chi connectivity index (χ3n) is 5.07. The first-order valence-corrected chi connectivity index (χ1v) is 8.30. The summed E-state index contributed by atoms with van der Waals surface area (Å²) in [5.41, 5.74) is 4.48. The smallest absolute Gasteiger partial charge is 0.161 e. The minimum atomic E-state index is 0. The van der Waals surface area contributed by atoms with Crippen LogP contribution in [0.4, 0.5) is 5.69 Å². The van der Waals surface area contributed by atoms with Crippen molar-refractivity contribution in [1.82, 2.24) is 4.90 Å². The molecule has 4 heteroatoms. The summed E-state index contributed by atoms with van der Waals surface area (Å²) in [6.07, 6.45) is 4.33. The summed E-state index contributed by atoms with van der Waals surface area (Å²) in [7, 11) is 2.10. The van der Waals surface area contributed by atoms with Gasteiger partial charge in [0.05, 0.1) is 11.8 Å². The lowest BCUT2D eigenvalue weighted by Crippen LogP contribution is -3.02. The van der Waals surface area contributed by atoms with Gasteiger partial charge in [0, 0.05) is 23.9 Å². The Morgan fingerprint density at radius 1 is 1.00 bits per heavy atom. The number of nitrogens with one attached hydrogen (secondary N) is 1. The Balaban J connectivity index is 0.00000157. The molecule has 0 saturated carbocycles. The van der Waals surface area contributed by atoms with Crippen LogP contribution in [0.2, 0.25) is 0 Å². The van der Waals surface area contributed by atoms with Gasteiger partial charge in [-0.05, 0) is 29.8 Å². The van der Waals surface area contributed by atoms with Crippen LogP contribution in [0.5, 0.6) is 0 Å². The fourth-order valence-corrected chi connectivity index (χ4v) is 3.86. The van der Waals surface area contributed by atoms with Gasteiger partial charge in [-0.25, -0.2) is 0 Å². The van der Waals surface area contributed by atoms with Crippen molar-refractivity contribution in [1.29, 1.82) is 0 Å². The maximum absolute atomic E-state index is 6.27. The molecule has 1 unspecified atom stereocenters. The molecule has 0 saturated heterocycles. The molecule has 4 aromatic rings. The molecule has 3 aromatic carbocycles. The topological polar surface area (TPSA) is 20.8 Å². The zero-order chi connectivity index (χ0) is 16.3. The Bertz CT molecular complexity index is 1130. The molecule has 3 nitrogen and oxygen atoms in total. The van der Waals surface area contributed by atoms with Gasteiger partial charge in [0.15, 0.2) is 6.67 Å². The van der Waals surface area contributed by atoms with Crippen LogP contribution in [0.3, 0.4) is 0 Å². The molecule has 5 rings (SSSR count). The van der Waals surface area contributed by atoms with Gasteiger partial charge in [-0.3, -0.25) is 4.90 Å². The van der Waals surface area contributed by atoms with E-state index in [4.69, 9.17) is 4.42 Å². The second-order valence-electron chi connectivity index (χ2n) is 6.63. The van der Waals surface area contributed by atoms with Crippen LogP contribution in [0.25, 0.3) is 32.7 Å². The molecule has 0 bridgehead atoms. The summed E-state index contributed by atoms with van der Waals surface area (Å²) in [5, 5.41) is 4.94. The van der Waals surface area contributed by atoms with Crippen molar-refractivity contribution >= 4 is 38.4 Å². The predicted molar refractivity (Wildman–Crippen MR) is 98.4 cm³/mol. The molecule has 126 valence electrons. The zero-order valence-corrected chi connectivity index (χ0v) is 16.4. The molecule has 0 amide bonds.